The summed E-state index contributed by atoms with van der Waals surface area (Å²) >= 11 is 1.15. The van der Waals surface area contributed by atoms with Crippen LogP contribution in [0.25, 0.3) is 0 Å². The maximum Gasteiger partial charge on any atom is 0.416 e. The third-order valence-electron chi connectivity index (χ3n) is 7.27. The highest BCUT2D eigenvalue weighted by atomic mass is 32.2. The fraction of sp³-hybridized carbons (Fsp3) is 0.440. The Hall–Kier alpha value is -2.60. The molecule has 6 rings (SSSR count). The van der Waals surface area contributed by atoms with E-state index in [2.05, 4.69) is 4.90 Å². The quantitative estimate of drug-likeness (QED) is 0.615. The molecule has 3 saturated heterocycles. The first-order chi connectivity index (χ1) is 17.2. The number of amides is 2. The van der Waals surface area contributed by atoms with Crippen LogP contribution in [0.4, 0.5) is 24.5 Å². The summed E-state index contributed by atoms with van der Waals surface area (Å²) in [7, 11) is 0. The number of thioether (sulfide) groups is 1. The molecule has 2 spiro atoms. The van der Waals surface area contributed by atoms with Crippen LogP contribution in [0, 0.1) is 0 Å². The van der Waals surface area contributed by atoms with E-state index in [1.54, 1.807) is 17.0 Å². The summed E-state index contributed by atoms with van der Waals surface area (Å²) in [6.45, 7) is 2.80. The minimum absolute atomic E-state index is 0.00886. The van der Waals surface area contributed by atoms with E-state index < -0.39 is 28.3 Å². The molecule has 0 bridgehead atoms. The number of anilines is 2. The number of piperidine rings is 1. The molecule has 4 aliphatic rings. The molecule has 0 radical (unpaired) electrons. The van der Waals surface area contributed by atoms with Crippen LogP contribution in [0.5, 0.6) is 0 Å². The van der Waals surface area contributed by atoms with Crippen LogP contribution in [0.2, 0.25) is 0 Å². The Morgan fingerprint density at radius 3 is 2.42 bits per heavy atom. The smallest absolute Gasteiger partial charge is 0.347 e. The Kier molecular flexibility index (Phi) is 5.60. The van der Waals surface area contributed by atoms with Crippen LogP contribution in [0.3, 0.4) is 0 Å². The second-order valence-corrected chi connectivity index (χ2v) is 10.5. The number of carbonyl (C=O) groups excluding carboxylic acids is 2. The van der Waals surface area contributed by atoms with Gasteiger partial charge in [-0.25, -0.2) is 0 Å². The number of ether oxygens (including phenoxy) is 2. The molecule has 2 amide bonds. The van der Waals surface area contributed by atoms with Gasteiger partial charge in [0.1, 0.15) is 0 Å². The van der Waals surface area contributed by atoms with Crippen molar-refractivity contribution in [2.24, 2.45) is 0 Å². The number of likely N-dealkylation sites (tertiary alicyclic amines) is 1. The molecule has 36 heavy (non-hydrogen) atoms. The van der Waals surface area contributed by atoms with E-state index in [0.29, 0.717) is 57.1 Å². The summed E-state index contributed by atoms with van der Waals surface area (Å²) in [5, 5.41) is 0. The van der Waals surface area contributed by atoms with E-state index in [1.807, 2.05) is 12.1 Å². The molecule has 3 fully saturated rings. The van der Waals surface area contributed by atoms with Crippen LogP contribution < -0.4 is 9.80 Å². The Labute approximate surface area is 210 Å². The van der Waals surface area contributed by atoms with Crippen molar-refractivity contribution in [3.05, 3.63) is 59.7 Å². The van der Waals surface area contributed by atoms with Crippen molar-refractivity contribution in [1.29, 1.82) is 0 Å². The van der Waals surface area contributed by atoms with Gasteiger partial charge >= 0.3 is 6.18 Å². The van der Waals surface area contributed by atoms with Gasteiger partial charge < -0.3 is 9.47 Å². The first-order valence-corrected chi connectivity index (χ1v) is 12.8. The van der Waals surface area contributed by atoms with Crippen molar-refractivity contribution in [2.75, 3.05) is 48.5 Å². The molecule has 11 heteroatoms. The molecule has 1 atom stereocenters. The molecular weight excluding hydrogens is 495 g/mol. The molecule has 4 heterocycles. The largest absolute Gasteiger partial charge is 0.416 e. The maximum atomic E-state index is 14.1. The van der Waals surface area contributed by atoms with Crippen molar-refractivity contribution in [3.8, 4) is 0 Å². The molecule has 0 aliphatic carbocycles. The lowest BCUT2D eigenvalue weighted by Crippen LogP contribution is -2.53. The number of hydrogen-bond acceptors (Lipinski definition) is 6. The van der Waals surface area contributed by atoms with E-state index in [9.17, 15) is 22.8 Å². The number of halogens is 3. The SMILES string of the molecule is O=C1CSC2(C(=O)N(CN3CCC4(CC3)OCCO4)c3ccccc32)N1c1cccc(C(F)(F)F)c1. The van der Waals surface area contributed by atoms with Gasteiger partial charge in [0.25, 0.3) is 5.91 Å². The van der Waals surface area contributed by atoms with Crippen molar-refractivity contribution in [1.82, 2.24) is 4.90 Å². The number of hydrogen-bond donors (Lipinski definition) is 0. The van der Waals surface area contributed by atoms with Crippen LogP contribution in [0.15, 0.2) is 48.5 Å². The zero-order valence-electron chi connectivity index (χ0n) is 19.3. The number of para-hydroxylation sites is 1. The fourth-order valence-corrected chi connectivity index (χ4v) is 6.90. The van der Waals surface area contributed by atoms with E-state index >= 15 is 0 Å². The number of alkyl halides is 3. The molecular formula is C25H24F3N3O4S. The Bertz CT molecular complexity index is 1210. The molecule has 0 saturated carbocycles. The highest BCUT2D eigenvalue weighted by Gasteiger charge is 2.61. The number of fused-ring (bicyclic) bond motifs is 2. The molecule has 2 aromatic carbocycles. The van der Waals surface area contributed by atoms with Gasteiger partial charge in [-0.3, -0.25) is 24.3 Å². The van der Waals surface area contributed by atoms with Gasteiger partial charge in [0.05, 0.1) is 36.9 Å². The van der Waals surface area contributed by atoms with Gasteiger partial charge in [-0.2, -0.15) is 13.2 Å². The van der Waals surface area contributed by atoms with Crippen LogP contribution >= 0.6 is 11.8 Å². The van der Waals surface area contributed by atoms with Crippen molar-refractivity contribution in [3.63, 3.8) is 0 Å². The lowest BCUT2D eigenvalue weighted by Gasteiger charge is -2.39. The Balaban J connectivity index is 1.34. The first kappa shape index (κ1) is 23.8. The first-order valence-electron chi connectivity index (χ1n) is 11.8. The van der Waals surface area contributed by atoms with Gasteiger partial charge in [0.2, 0.25) is 10.8 Å². The normalized spacial score (nSPS) is 26.0. The van der Waals surface area contributed by atoms with Gasteiger partial charge in [0, 0.05) is 37.2 Å². The standard InChI is InChI=1S/C25H24F3N3O4S/c26-25(27,28)17-4-3-5-18(14-17)31-21(32)15-36-24(31)19-6-1-2-7-20(19)30(22(24)33)16-29-10-8-23(9-11-29)34-12-13-35-23/h1-7,14H,8-13,15-16H2. The number of nitrogens with zero attached hydrogens (tertiary/aromatic N) is 3. The average Bonchev–Trinajstić information content (AvgIpc) is 3.53. The number of carbonyl (C=O) groups is 2. The van der Waals surface area contributed by atoms with Gasteiger partial charge in [0.15, 0.2) is 5.79 Å². The highest BCUT2D eigenvalue weighted by molar-refractivity contribution is 8.02. The van der Waals surface area contributed by atoms with Crippen molar-refractivity contribution in [2.45, 2.75) is 29.7 Å². The Morgan fingerprint density at radius 1 is 0.972 bits per heavy atom. The summed E-state index contributed by atoms with van der Waals surface area (Å²) in [6, 6.07) is 11.8. The summed E-state index contributed by atoms with van der Waals surface area (Å²) in [4.78, 5) is 30.8. The van der Waals surface area contributed by atoms with Gasteiger partial charge in [-0.15, -0.1) is 11.8 Å². The number of rotatable bonds is 3. The van der Waals surface area contributed by atoms with E-state index in [4.69, 9.17) is 9.47 Å². The molecule has 7 nitrogen and oxygen atoms in total. The molecule has 190 valence electrons. The third kappa shape index (κ3) is 3.63. The summed E-state index contributed by atoms with van der Waals surface area (Å²) in [5.41, 5.74) is 0.462. The molecule has 0 aromatic heterocycles. The maximum absolute atomic E-state index is 14.1. The van der Waals surface area contributed by atoms with Gasteiger partial charge in [-0.1, -0.05) is 24.3 Å². The predicted octanol–water partition coefficient (Wildman–Crippen LogP) is 3.78. The second kappa shape index (κ2) is 8.47. The minimum atomic E-state index is -4.57. The Morgan fingerprint density at radius 2 is 1.69 bits per heavy atom. The summed E-state index contributed by atoms with van der Waals surface area (Å²) in [5.74, 6) is -1.28. The topological polar surface area (TPSA) is 62.3 Å². The predicted molar refractivity (Wildman–Crippen MR) is 127 cm³/mol. The lowest BCUT2D eigenvalue weighted by atomic mass is 10.0. The van der Waals surface area contributed by atoms with Crippen molar-refractivity contribution < 1.29 is 32.2 Å². The lowest BCUT2D eigenvalue weighted by molar-refractivity contribution is -0.185. The minimum Gasteiger partial charge on any atom is -0.347 e. The molecule has 2 aromatic rings. The molecule has 1 unspecified atom stereocenters. The zero-order chi connectivity index (χ0) is 25.1. The van der Waals surface area contributed by atoms with Gasteiger partial charge in [-0.05, 0) is 24.3 Å². The van der Waals surface area contributed by atoms with Crippen LogP contribution in [0.1, 0.15) is 24.0 Å². The average molecular weight is 520 g/mol. The third-order valence-corrected chi connectivity index (χ3v) is 8.65. The van der Waals surface area contributed by atoms with E-state index in [0.717, 1.165) is 23.9 Å². The molecule has 4 aliphatic heterocycles. The summed E-state index contributed by atoms with van der Waals surface area (Å²) < 4.78 is 52.0. The van der Waals surface area contributed by atoms with Crippen molar-refractivity contribution >= 4 is 35.0 Å². The van der Waals surface area contributed by atoms with E-state index in [-0.39, 0.29) is 17.3 Å². The second-order valence-electron chi connectivity index (χ2n) is 9.33. The molecule has 0 N–H and O–H groups in total. The summed E-state index contributed by atoms with van der Waals surface area (Å²) in [6.07, 6.45) is -3.20. The monoisotopic (exact) mass is 519 g/mol. The highest BCUT2D eigenvalue weighted by Crippen LogP contribution is 2.56. The van der Waals surface area contributed by atoms with Crippen LogP contribution in [-0.2, 0) is 30.1 Å². The van der Waals surface area contributed by atoms with Crippen LogP contribution in [-0.4, -0.2) is 61.2 Å². The zero-order valence-corrected chi connectivity index (χ0v) is 20.1. The number of benzene rings is 2. The fourth-order valence-electron chi connectivity index (χ4n) is 5.54. The van der Waals surface area contributed by atoms with E-state index in [1.165, 1.54) is 17.0 Å².